The zero-order valence-electron chi connectivity index (χ0n) is 28.2. The largest absolute Gasteiger partial charge is 0.497 e. The van der Waals surface area contributed by atoms with E-state index in [1.54, 1.807) is 7.11 Å². The predicted octanol–water partition coefficient (Wildman–Crippen LogP) is 7.73. The van der Waals surface area contributed by atoms with E-state index in [2.05, 4.69) is 67.9 Å². The molecule has 5 rings (SSSR count). The number of aryl methyl sites for hydroxylation is 3. The summed E-state index contributed by atoms with van der Waals surface area (Å²) < 4.78 is 12.8. The van der Waals surface area contributed by atoms with Gasteiger partial charge in [-0.2, -0.15) is 5.10 Å². The number of aliphatic imine (C=N–C) groups is 1. The maximum Gasteiger partial charge on any atom is 0.407 e. The molecule has 4 aromatic rings. The molecule has 1 aliphatic carbocycles. The van der Waals surface area contributed by atoms with Crippen LogP contribution in [0.25, 0.3) is 16.6 Å². The number of hydrogen-bond donors (Lipinski definition) is 3. The minimum absolute atomic E-state index is 0.0763. The first-order chi connectivity index (χ1) is 22.0. The molecule has 1 amide bonds. The third-order valence-corrected chi connectivity index (χ3v) is 8.65. The first-order valence-corrected chi connectivity index (χ1v) is 16.4. The number of nitrogens with one attached hydrogen (secondary N) is 2. The fourth-order valence-electron chi connectivity index (χ4n) is 6.24. The summed E-state index contributed by atoms with van der Waals surface area (Å²) in [5, 5.41) is 11.7. The molecule has 244 valence electrons. The number of carbonyl (C=O) groups excluding carboxylic acids is 1. The van der Waals surface area contributed by atoms with Crippen molar-refractivity contribution in [1.82, 2.24) is 14.9 Å². The fourth-order valence-corrected chi connectivity index (χ4v) is 6.24. The number of nitrogens with zero attached hydrogens (tertiary/aromatic N) is 3. The minimum Gasteiger partial charge on any atom is -0.497 e. The number of benzene rings is 2. The smallest absolute Gasteiger partial charge is 0.407 e. The number of alkyl carbamates (subject to hydrolysis) is 1. The summed E-state index contributed by atoms with van der Waals surface area (Å²) in [6.07, 6.45) is 8.70. The molecule has 1 aliphatic rings. The van der Waals surface area contributed by atoms with Crippen molar-refractivity contribution in [3.05, 3.63) is 77.1 Å². The van der Waals surface area contributed by atoms with Crippen molar-refractivity contribution >= 4 is 28.8 Å². The van der Waals surface area contributed by atoms with E-state index in [1.165, 1.54) is 11.1 Å². The van der Waals surface area contributed by atoms with Gasteiger partial charge < -0.3 is 25.8 Å². The van der Waals surface area contributed by atoms with Crippen molar-refractivity contribution in [2.45, 2.75) is 97.8 Å². The lowest BCUT2D eigenvalue weighted by molar-refractivity contribution is 0.0492. The molecule has 4 N–H and O–H groups in total. The highest BCUT2D eigenvalue weighted by atomic mass is 16.6. The zero-order valence-corrected chi connectivity index (χ0v) is 28.2. The molecule has 1 fully saturated rings. The lowest BCUT2D eigenvalue weighted by Gasteiger charge is -2.31. The highest BCUT2D eigenvalue weighted by Gasteiger charge is 2.26. The molecule has 9 nitrogen and oxygen atoms in total. The monoisotopic (exact) mass is 624 g/mol. The van der Waals surface area contributed by atoms with Gasteiger partial charge in [0.1, 0.15) is 17.2 Å². The summed E-state index contributed by atoms with van der Waals surface area (Å²) in [5.41, 5.74) is 15.5. The normalized spacial score (nSPS) is 17.2. The Bertz CT molecular complexity index is 1700. The van der Waals surface area contributed by atoms with Gasteiger partial charge in [0, 0.05) is 23.8 Å². The number of amidine groups is 1. The highest BCUT2D eigenvalue weighted by Crippen LogP contribution is 2.34. The van der Waals surface area contributed by atoms with Gasteiger partial charge in [0.15, 0.2) is 0 Å². The van der Waals surface area contributed by atoms with E-state index in [0.717, 1.165) is 83.4 Å². The van der Waals surface area contributed by atoms with E-state index < -0.39 is 5.60 Å². The van der Waals surface area contributed by atoms with Gasteiger partial charge >= 0.3 is 6.09 Å². The Kier molecular flexibility index (Phi) is 9.89. The topological polar surface area (TPSA) is 115 Å². The predicted molar refractivity (Wildman–Crippen MR) is 187 cm³/mol. The summed E-state index contributed by atoms with van der Waals surface area (Å²) in [6.45, 7) is 12.0. The maximum atomic E-state index is 12.4. The number of rotatable bonds is 9. The molecule has 0 radical (unpaired) electrons. The lowest BCUT2D eigenvalue weighted by atomic mass is 9.91. The molecule has 0 saturated heterocycles. The Hall–Kier alpha value is -4.53. The molecule has 2 heterocycles. The van der Waals surface area contributed by atoms with E-state index in [1.807, 2.05) is 43.6 Å². The van der Waals surface area contributed by atoms with Crippen molar-refractivity contribution in [3.8, 4) is 16.9 Å². The zero-order chi connectivity index (χ0) is 33.0. The fraction of sp³-hybridized carbons (Fsp3) is 0.432. The molecule has 46 heavy (non-hydrogen) atoms. The first-order valence-electron chi connectivity index (χ1n) is 16.4. The van der Waals surface area contributed by atoms with Crippen LogP contribution >= 0.6 is 0 Å². The van der Waals surface area contributed by atoms with Crippen molar-refractivity contribution < 1.29 is 14.3 Å². The average Bonchev–Trinajstić information content (AvgIpc) is 3.45. The standard InChI is InChI=1S/C37H48N6O3/c1-8-24-11-10-12-25(9-2)33(24)42-35(38)31-21-39-43-22-26(30-18-17-29(45-7)19-23(30)3)20-32(43)34(31)40-27-13-15-28(16-14-27)41-36(44)46-37(4,5)6/h10-12,17-22,27-28,40H,8-9,13-16H2,1-7H3,(H2,38,42)(H,41,44). The second-order valence-electron chi connectivity index (χ2n) is 13.1. The SMILES string of the molecule is CCc1cccc(CC)c1N=C(N)c1cnn2cc(-c3ccc(OC)cc3C)cc2c1NC1CCC(NC(=O)OC(C)(C)C)CC1. The van der Waals surface area contributed by atoms with Crippen molar-refractivity contribution in [3.63, 3.8) is 0 Å². The van der Waals surface area contributed by atoms with Gasteiger partial charge in [-0.05, 0) is 107 Å². The van der Waals surface area contributed by atoms with Crippen molar-refractivity contribution in [2.24, 2.45) is 10.7 Å². The van der Waals surface area contributed by atoms with Gasteiger partial charge in [0.2, 0.25) is 0 Å². The van der Waals surface area contributed by atoms with Crippen LogP contribution in [0.1, 0.15) is 82.6 Å². The molecular weight excluding hydrogens is 576 g/mol. The Morgan fingerprint density at radius 3 is 2.33 bits per heavy atom. The van der Waals surface area contributed by atoms with E-state index >= 15 is 0 Å². The molecule has 0 unspecified atom stereocenters. The van der Waals surface area contributed by atoms with E-state index in [0.29, 0.717) is 5.84 Å². The average molecular weight is 625 g/mol. The summed E-state index contributed by atoms with van der Waals surface area (Å²) in [6, 6.07) is 14.8. The quantitative estimate of drug-likeness (QED) is 0.130. The second-order valence-corrected chi connectivity index (χ2v) is 13.1. The van der Waals surface area contributed by atoms with Crippen LogP contribution in [0.2, 0.25) is 0 Å². The summed E-state index contributed by atoms with van der Waals surface area (Å²) >= 11 is 0. The number of hydrogen-bond acceptors (Lipinski definition) is 6. The van der Waals surface area contributed by atoms with Gasteiger partial charge in [-0.15, -0.1) is 0 Å². The molecule has 9 heteroatoms. The highest BCUT2D eigenvalue weighted by molar-refractivity contribution is 6.06. The molecule has 0 bridgehead atoms. The van der Waals surface area contributed by atoms with Crippen LogP contribution < -0.4 is 21.1 Å². The number of para-hydroxylation sites is 1. The van der Waals surface area contributed by atoms with Crippen molar-refractivity contribution in [2.75, 3.05) is 12.4 Å². The van der Waals surface area contributed by atoms with Crippen LogP contribution in [0.3, 0.4) is 0 Å². The lowest BCUT2D eigenvalue weighted by Crippen LogP contribution is -2.42. The van der Waals surface area contributed by atoms with Crippen LogP contribution in [0, 0.1) is 6.92 Å². The molecule has 0 spiro atoms. The number of anilines is 1. The van der Waals surface area contributed by atoms with Crippen LogP contribution in [-0.4, -0.2) is 46.3 Å². The number of methoxy groups -OCH3 is 1. The van der Waals surface area contributed by atoms with Gasteiger partial charge in [-0.25, -0.2) is 14.3 Å². The number of ether oxygens (including phenoxy) is 2. The van der Waals surface area contributed by atoms with Crippen LogP contribution in [-0.2, 0) is 17.6 Å². The van der Waals surface area contributed by atoms with Crippen LogP contribution in [0.4, 0.5) is 16.2 Å². The Morgan fingerprint density at radius 2 is 1.72 bits per heavy atom. The summed E-state index contributed by atoms with van der Waals surface area (Å²) in [7, 11) is 1.68. The molecular formula is C37H48N6O3. The van der Waals surface area contributed by atoms with Crippen LogP contribution in [0.5, 0.6) is 5.75 Å². The number of nitrogens with two attached hydrogens (primary N) is 1. The number of fused-ring (bicyclic) bond motifs is 1. The maximum absolute atomic E-state index is 12.4. The van der Waals surface area contributed by atoms with Gasteiger partial charge in [-0.1, -0.05) is 38.1 Å². The van der Waals surface area contributed by atoms with Crippen LogP contribution in [0.15, 0.2) is 59.9 Å². The summed E-state index contributed by atoms with van der Waals surface area (Å²) in [4.78, 5) is 17.4. The number of amides is 1. The van der Waals surface area contributed by atoms with E-state index in [-0.39, 0.29) is 18.2 Å². The molecule has 1 saturated carbocycles. The molecule has 0 atom stereocenters. The van der Waals surface area contributed by atoms with Gasteiger partial charge in [-0.3, -0.25) is 0 Å². The van der Waals surface area contributed by atoms with Crippen molar-refractivity contribution in [1.29, 1.82) is 0 Å². The Labute approximate surface area is 272 Å². The third-order valence-electron chi connectivity index (χ3n) is 8.65. The number of aromatic nitrogens is 2. The Balaban J connectivity index is 1.50. The van der Waals surface area contributed by atoms with Gasteiger partial charge in [0.05, 0.1) is 35.8 Å². The minimum atomic E-state index is -0.524. The molecule has 0 aliphatic heterocycles. The first kappa shape index (κ1) is 32.9. The van der Waals surface area contributed by atoms with Gasteiger partial charge in [0.25, 0.3) is 0 Å². The Morgan fingerprint density at radius 1 is 1.04 bits per heavy atom. The second kappa shape index (κ2) is 13.8. The third kappa shape index (κ3) is 7.46. The van der Waals surface area contributed by atoms with E-state index in [9.17, 15) is 4.79 Å². The molecule has 2 aromatic heterocycles. The molecule has 2 aromatic carbocycles. The van der Waals surface area contributed by atoms with E-state index in [4.69, 9.17) is 25.3 Å². The number of carbonyl (C=O) groups is 1. The summed E-state index contributed by atoms with van der Waals surface area (Å²) in [5.74, 6) is 1.25.